The van der Waals surface area contributed by atoms with Gasteiger partial charge in [0.1, 0.15) is 12.4 Å². The number of hydrogen-bond donors (Lipinski definition) is 0. The zero-order valence-electron chi connectivity index (χ0n) is 13.8. The average molecular weight is 333 g/mol. The highest BCUT2D eigenvalue weighted by Crippen LogP contribution is 2.41. The van der Waals surface area contributed by atoms with Gasteiger partial charge in [0.15, 0.2) is 5.82 Å². The van der Waals surface area contributed by atoms with Crippen LogP contribution >= 0.6 is 0 Å². The molecule has 0 bridgehead atoms. The largest absolute Gasteiger partial charge is 0.489 e. The fourth-order valence-corrected chi connectivity index (χ4v) is 3.46. The number of tetrazole rings is 1. The number of nitrogens with zero attached hydrogens (tertiary/aromatic N) is 5. The highest BCUT2D eigenvalue weighted by atomic mass is 16.5. The number of benzene rings is 2. The van der Waals surface area contributed by atoms with Gasteiger partial charge in [0, 0.05) is 0 Å². The first-order chi connectivity index (χ1) is 12.4. The molecule has 2 heterocycles. The molecule has 25 heavy (non-hydrogen) atoms. The SMILES string of the molecule is c1ccc(C2COc3ccccc3N2Cc2nnnn2C2CC2)cc1. The van der Waals surface area contributed by atoms with Gasteiger partial charge in [-0.2, -0.15) is 0 Å². The van der Waals surface area contributed by atoms with E-state index in [-0.39, 0.29) is 6.04 Å². The molecule has 126 valence electrons. The Labute approximate surface area is 146 Å². The summed E-state index contributed by atoms with van der Waals surface area (Å²) in [4.78, 5) is 2.36. The molecule has 0 spiro atoms. The molecular formula is C19H19N5O. The number of rotatable bonds is 4. The molecule has 2 aromatic carbocycles. The number of aromatic nitrogens is 4. The Bertz CT molecular complexity index is 874. The lowest BCUT2D eigenvalue weighted by Gasteiger charge is -2.38. The van der Waals surface area contributed by atoms with Gasteiger partial charge in [-0.3, -0.25) is 0 Å². The van der Waals surface area contributed by atoms with Crippen LogP contribution in [0.15, 0.2) is 54.6 Å². The van der Waals surface area contributed by atoms with Gasteiger partial charge in [0.2, 0.25) is 0 Å². The minimum Gasteiger partial charge on any atom is -0.489 e. The monoisotopic (exact) mass is 333 g/mol. The van der Waals surface area contributed by atoms with Gasteiger partial charge in [0.25, 0.3) is 0 Å². The van der Waals surface area contributed by atoms with Crippen molar-refractivity contribution in [3.05, 3.63) is 66.0 Å². The zero-order valence-corrected chi connectivity index (χ0v) is 13.8. The van der Waals surface area contributed by atoms with Crippen molar-refractivity contribution in [3.8, 4) is 5.75 Å². The summed E-state index contributed by atoms with van der Waals surface area (Å²) in [5.74, 6) is 1.83. The van der Waals surface area contributed by atoms with Crippen LogP contribution in [0, 0.1) is 0 Å². The lowest BCUT2D eigenvalue weighted by Crippen LogP contribution is -2.37. The van der Waals surface area contributed by atoms with Crippen molar-refractivity contribution in [1.29, 1.82) is 0 Å². The zero-order chi connectivity index (χ0) is 16.6. The Morgan fingerprint density at radius 1 is 1.00 bits per heavy atom. The van der Waals surface area contributed by atoms with E-state index in [4.69, 9.17) is 4.74 Å². The highest BCUT2D eigenvalue weighted by molar-refractivity contribution is 5.61. The Hall–Kier alpha value is -2.89. The van der Waals surface area contributed by atoms with E-state index in [1.807, 2.05) is 28.9 Å². The van der Waals surface area contributed by atoms with Crippen LogP contribution in [0.5, 0.6) is 5.75 Å². The molecule has 0 amide bonds. The summed E-state index contributed by atoms with van der Waals surface area (Å²) < 4.78 is 8.02. The average Bonchev–Trinajstić information content (AvgIpc) is 3.42. The minimum atomic E-state index is 0.139. The van der Waals surface area contributed by atoms with Gasteiger partial charge in [-0.1, -0.05) is 42.5 Å². The first-order valence-electron chi connectivity index (χ1n) is 8.70. The summed E-state index contributed by atoms with van der Waals surface area (Å²) in [5.41, 5.74) is 2.33. The van der Waals surface area contributed by atoms with E-state index in [1.54, 1.807) is 0 Å². The predicted molar refractivity (Wildman–Crippen MR) is 93.4 cm³/mol. The normalized spacial score (nSPS) is 19.4. The van der Waals surface area contributed by atoms with Crippen molar-refractivity contribution < 1.29 is 4.74 Å². The van der Waals surface area contributed by atoms with E-state index >= 15 is 0 Å². The van der Waals surface area contributed by atoms with Crippen LogP contribution < -0.4 is 9.64 Å². The molecule has 3 aromatic rings. The molecule has 6 nitrogen and oxygen atoms in total. The van der Waals surface area contributed by atoms with E-state index in [0.717, 1.165) is 17.3 Å². The molecule has 2 aliphatic rings. The Morgan fingerprint density at radius 3 is 2.64 bits per heavy atom. The lowest BCUT2D eigenvalue weighted by molar-refractivity contribution is 0.261. The number of fused-ring (bicyclic) bond motifs is 1. The van der Waals surface area contributed by atoms with Gasteiger partial charge in [0.05, 0.1) is 24.3 Å². The quantitative estimate of drug-likeness (QED) is 0.734. The molecule has 1 aliphatic heterocycles. The first kappa shape index (κ1) is 14.5. The molecule has 1 atom stereocenters. The van der Waals surface area contributed by atoms with Crippen LogP contribution in [0.3, 0.4) is 0 Å². The second-order valence-corrected chi connectivity index (χ2v) is 6.60. The fraction of sp³-hybridized carbons (Fsp3) is 0.316. The third-order valence-corrected chi connectivity index (χ3v) is 4.90. The van der Waals surface area contributed by atoms with Gasteiger partial charge in [-0.25, -0.2) is 4.68 Å². The van der Waals surface area contributed by atoms with E-state index in [0.29, 0.717) is 19.2 Å². The highest BCUT2D eigenvalue weighted by Gasteiger charge is 2.32. The third kappa shape index (κ3) is 2.63. The number of ether oxygens (including phenoxy) is 1. The van der Waals surface area contributed by atoms with Crippen LogP contribution in [-0.2, 0) is 6.54 Å². The molecule has 1 aromatic heterocycles. The number of anilines is 1. The smallest absolute Gasteiger partial charge is 0.170 e. The molecular weight excluding hydrogens is 314 g/mol. The maximum absolute atomic E-state index is 6.03. The molecule has 5 rings (SSSR count). The van der Waals surface area contributed by atoms with Gasteiger partial charge in [-0.05, 0) is 41.0 Å². The van der Waals surface area contributed by atoms with Crippen LogP contribution in [0.1, 0.15) is 36.3 Å². The van der Waals surface area contributed by atoms with Gasteiger partial charge >= 0.3 is 0 Å². The predicted octanol–water partition coefficient (Wildman–Crippen LogP) is 3.15. The molecule has 0 saturated heterocycles. The van der Waals surface area contributed by atoms with E-state index < -0.39 is 0 Å². The van der Waals surface area contributed by atoms with Crippen molar-refractivity contribution in [2.45, 2.75) is 31.5 Å². The molecule has 1 aliphatic carbocycles. The van der Waals surface area contributed by atoms with Crippen molar-refractivity contribution >= 4 is 5.69 Å². The summed E-state index contributed by atoms with van der Waals surface area (Å²) in [6, 6.07) is 19.3. The second kappa shape index (κ2) is 5.88. The molecule has 0 radical (unpaired) electrons. The van der Waals surface area contributed by atoms with Crippen molar-refractivity contribution in [1.82, 2.24) is 20.2 Å². The maximum Gasteiger partial charge on any atom is 0.170 e. The van der Waals surface area contributed by atoms with Crippen LogP contribution in [0.2, 0.25) is 0 Å². The van der Waals surface area contributed by atoms with Crippen molar-refractivity contribution in [3.63, 3.8) is 0 Å². The third-order valence-electron chi connectivity index (χ3n) is 4.90. The van der Waals surface area contributed by atoms with Gasteiger partial charge in [-0.15, -0.1) is 5.10 Å². The summed E-state index contributed by atoms with van der Waals surface area (Å²) in [6.07, 6.45) is 2.33. The van der Waals surface area contributed by atoms with Crippen LogP contribution in [0.25, 0.3) is 0 Å². The maximum atomic E-state index is 6.03. The van der Waals surface area contributed by atoms with E-state index in [1.165, 1.54) is 18.4 Å². The topological polar surface area (TPSA) is 56.1 Å². The van der Waals surface area contributed by atoms with E-state index in [2.05, 4.69) is 50.8 Å². The molecule has 1 unspecified atom stereocenters. The summed E-state index contributed by atoms with van der Waals surface area (Å²) >= 11 is 0. The summed E-state index contributed by atoms with van der Waals surface area (Å²) in [7, 11) is 0. The first-order valence-corrected chi connectivity index (χ1v) is 8.70. The van der Waals surface area contributed by atoms with Crippen molar-refractivity contribution in [2.75, 3.05) is 11.5 Å². The van der Waals surface area contributed by atoms with Crippen LogP contribution in [0.4, 0.5) is 5.69 Å². The molecule has 1 saturated carbocycles. The standard InChI is InChI=1S/C19H19N5O/c1-2-6-14(7-3-1)17-13-25-18-9-5-4-8-16(18)23(17)12-19-20-21-22-24(19)15-10-11-15/h1-9,15,17H,10-13H2. The Morgan fingerprint density at radius 2 is 1.80 bits per heavy atom. The summed E-state index contributed by atoms with van der Waals surface area (Å²) in [5, 5.41) is 12.4. The number of hydrogen-bond acceptors (Lipinski definition) is 5. The fourth-order valence-electron chi connectivity index (χ4n) is 3.46. The molecule has 0 N–H and O–H groups in total. The van der Waals surface area contributed by atoms with E-state index in [9.17, 15) is 0 Å². The Balaban J connectivity index is 1.54. The Kier molecular flexibility index (Phi) is 3.40. The molecule has 6 heteroatoms. The molecule has 1 fully saturated rings. The summed E-state index contributed by atoms with van der Waals surface area (Å²) in [6.45, 7) is 1.29. The van der Waals surface area contributed by atoms with Crippen molar-refractivity contribution in [2.24, 2.45) is 0 Å². The van der Waals surface area contributed by atoms with Crippen LogP contribution in [-0.4, -0.2) is 26.8 Å². The minimum absolute atomic E-state index is 0.139. The second-order valence-electron chi connectivity index (χ2n) is 6.60. The van der Waals surface area contributed by atoms with Gasteiger partial charge < -0.3 is 9.64 Å². The number of para-hydroxylation sites is 2. The lowest BCUT2D eigenvalue weighted by atomic mass is 10.0.